The second-order valence-electron chi connectivity index (χ2n) is 10.4. The molecule has 0 spiro atoms. The smallest absolute Gasteiger partial charge is 0.338 e. The molecule has 0 aliphatic carbocycles. The summed E-state index contributed by atoms with van der Waals surface area (Å²) in [6, 6.07) is 10.9. The molecule has 46 heavy (non-hydrogen) atoms. The number of aliphatic carboxylic acids is 1. The molecule has 0 saturated carbocycles. The van der Waals surface area contributed by atoms with Crippen molar-refractivity contribution in [2.45, 2.75) is 44.3 Å². The maximum absolute atomic E-state index is 13.3. The Kier molecular flexibility index (Phi) is 11.1. The highest BCUT2D eigenvalue weighted by molar-refractivity contribution is 6.31. The average Bonchev–Trinajstić information content (AvgIpc) is 3.59. The minimum atomic E-state index is -1.42. The van der Waals surface area contributed by atoms with Crippen molar-refractivity contribution >= 4 is 41.0 Å². The van der Waals surface area contributed by atoms with Crippen LogP contribution in [-0.2, 0) is 19.1 Å². The van der Waals surface area contributed by atoms with E-state index < -0.39 is 54.0 Å². The summed E-state index contributed by atoms with van der Waals surface area (Å²) in [5.74, 6) is -2.89. The average molecular weight is 650 g/mol. The Morgan fingerprint density at radius 3 is 2.50 bits per heavy atom. The molecule has 2 aromatic carbocycles. The Balaban J connectivity index is 1.43. The summed E-state index contributed by atoms with van der Waals surface area (Å²) in [6.45, 7) is 1.82. The molecule has 4 N–H and O–H groups in total. The molecule has 1 fully saturated rings. The lowest BCUT2D eigenvalue weighted by molar-refractivity contribution is -0.143. The molecule has 0 bridgehead atoms. The fourth-order valence-electron chi connectivity index (χ4n) is 5.00. The Bertz CT molecular complexity index is 1730. The van der Waals surface area contributed by atoms with E-state index in [1.807, 2.05) is 0 Å². The number of carbonyl (C=O) groups is 4. The lowest BCUT2D eigenvalue weighted by Crippen LogP contribution is -2.50. The van der Waals surface area contributed by atoms with E-state index in [1.54, 1.807) is 19.1 Å². The molecule has 2 heterocycles. The summed E-state index contributed by atoms with van der Waals surface area (Å²) in [7, 11) is 1.41. The number of benzene rings is 2. The van der Waals surface area contributed by atoms with Crippen molar-refractivity contribution in [3.05, 3.63) is 81.2 Å². The first-order valence-corrected chi connectivity index (χ1v) is 14.8. The predicted molar refractivity (Wildman–Crippen MR) is 168 cm³/mol. The van der Waals surface area contributed by atoms with Crippen LogP contribution in [0.15, 0.2) is 59.5 Å². The Morgan fingerprint density at radius 2 is 1.89 bits per heavy atom. The quantitative estimate of drug-likeness (QED) is 0.212. The number of methoxy groups -OCH3 is 1. The number of rotatable bonds is 12. The minimum Gasteiger partial charge on any atom is -0.495 e. The van der Waals surface area contributed by atoms with Gasteiger partial charge in [0.05, 0.1) is 36.5 Å². The van der Waals surface area contributed by atoms with Crippen LogP contribution in [-0.4, -0.2) is 65.8 Å². The van der Waals surface area contributed by atoms with Crippen molar-refractivity contribution < 1.29 is 33.8 Å². The van der Waals surface area contributed by atoms with Gasteiger partial charge in [-0.2, -0.15) is 5.26 Å². The van der Waals surface area contributed by atoms with Crippen LogP contribution in [0.4, 0.5) is 5.69 Å². The number of hydrogen-bond acceptors (Lipinski definition) is 9. The number of nitriles is 1. The van der Waals surface area contributed by atoms with Crippen LogP contribution in [0, 0.1) is 11.3 Å². The fraction of sp³-hybridized carbons (Fsp3) is 0.312. The molecule has 240 valence electrons. The standard InChI is InChI=1S/C32H32ClN5O8/c1-3-26(38-16-27(45-2)23(14-28(38)39)22-13-20(33)9-6-19(22)15-34)30(41)36-21-10-7-18(8-11-21)32(44)46-17-25(31(42)43)37-29(40)24-5-4-12-35-24/h6-11,13-14,16,24-26,35H,3-5,12,17H2,1-2H3,(H,36,41)(H,37,40)(H,42,43)/t24-,25?,26?/m0/s1. The van der Waals surface area contributed by atoms with Crippen molar-refractivity contribution in [3.8, 4) is 22.9 Å². The molecule has 3 atom stereocenters. The monoisotopic (exact) mass is 649 g/mol. The first-order chi connectivity index (χ1) is 22.1. The third kappa shape index (κ3) is 7.90. The van der Waals surface area contributed by atoms with Gasteiger partial charge in [0.15, 0.2) is 6.04 Å². The largest absolute Gasteiger partial charge is 0.495 e. The number of ether oxygens (including phenoxy) is 2. The zero-order valence-electron chi connectivity index (χ0n) is 25.0. The number of halogens is 1. The Labute approximate surface area is 269 Å². The number of anilines is 1. The number of carboxylic acids is 1. The van der Waals surface area contributed by atoms with E-state index in [4.69, 9.17) is 21.1 Å². The number of hydrogen-bond donors (Lipinski definition) is 4. The van der Waals surface area contributed by atoms with Gasteiger partial charge in [-0.3, -0.25) is 19.0 Å². The van der Waals surface area contributed by atoms with Crippen LogP contribution in [0.2, 0.25) is 5.02 Å². The number of nitrogens with zero attached hydrogens (tertiary/aromatic N) is 2. The zero-order valence-corrected chi connectivity index (χ0v) is 25.8. The lowest BCUT2D eigenvalue weighted by Gasteiger charge is -2.20. The van der Waals surface area contributed by atoms with Crippen molar-refractivity contribution in [1.29, 1.82) is 5.26 Å². The van der Waals surface area contributed by atoms with Gasteiger partial charge in [0.2, 0.25) is 11.8 Å². The highest BCUT2D eigenvalue weighted by Gasteiger charge is 2.28. The maximum atomic E-state index is 13.3. The third-order valence-corrected chi connectivity index (χ3v) is 7.68. The summed E-state index contributed by atoms with van der Waals surface area (Å²) in [6.07, 6.45) is 3.04. The molecule has 1 aliphatic heterocycles. The number of carbonyl (C=O) groups excluding carboxylic acids is 3. The van der Waals surface area contributed by atoms with E-state index >= 15 is 0 Å². The van der Waals surface area contributed by atoms with Gasteiger partial charge in [-0.15, -0.1) is 0 Å². The van der Waals surface area contributed by atoms with E-state index in [0.717, 1.165) is 6.42 Å². The van der Waals surface area contributed by atoms with Crippen LogP contribution in [0.25, 0.3) is 11.1 Å². The molecule has 0 radical (unpaired) electrons. The Hall–Kier alpha value is -5.19. The lowest BCUT2D eigenvalue weighted by atomic mass is 10.00. The van der Waals surface area contributed by atoms with Gasteiger partial charge in [0.25, 0.3) is 5.56 Å². The number of pyridine rings is 1. The van der Waals surface area contributed by atoms with Gasteiger partial charge in [-0.1, -0.05) is 18.5 Å². The van der Waals surface area contributed by atoms with Crippen LogP contribution in [0.1, 0.15) is 48.1 Å². The normalized spacial score (nSPS) is 15.2. The van der Waals surface area contributed by atoms with Crippen molar-refractivity contribution in [2.24, 2.45) is 0 Å². The maximum Gasteiger partial charge on any atom is 0.338 e. The first kappa shape index (κ1) is 33.7. The molecule has 2 amide bonds. The van der Waals surface area contributed by atoms with Gasteiger partial charge in [-0.05, 0) is 68.3 Å². The van der Waals surface area contributed by atoms with Crippen LogP contribution in [0.5, 0.6) is 5.75 Å². The van der Waals surface area contributed by atoms with E-state index in [-0.39, 0.29) is 17.7 Å². The van der Waals surface area contributed by atoms with Gasteiger partial charge < -0.3 is 30.5 Å². The number of carboxylic acid groups (broad SMARTS) is 1. The minimum absolute atomic E-state index is 0.0901. The molecular formula is C32H32ClN5O8. The number of nitrogens with one attached hydrogen (secondary N) is 3. The van der Waals surface area contributed by atoms with E-state index in [1.165, 1.54) is 54.3 Å². The van der Waals surface area contributed by atoms with Gasteiger partial charge >= 0.3 is 11.9 Å². The predicted octanol–water partition coefficient (Wildman–Crippen LogP) is 3.12. The van der Waals surface area contributed by atoms with Gasteiger partial charge in [-0.25, -0.2) is 9.59 Å². The molecule has 13 nitrogen and oxygen atoms in total. The van der Waals surface area contributed by atoms with E-state index in [0.29, 0.717) is 40.4 Å². The zero-order chi connectivity index (χ0) is 33.4. The third-order valence-electron chi connectivity index (χ3n) is 7.44. The summed E-state index contributed by atoms with van der Waals surface area (Å²) >= 11 is 6.14. The van der Waals surface area contributed by atoms with Crippen molar-refractivity contribution in [1.82, 2.24) is 15.2 Å². The number of aromatic nitrogens is 1. The summed E-state index contributed by atoms with van der Waals surface area (Å²) < 4.78 is 11.9. The van der Waals surface area contributed by atoms with Crippen LogP contribution < -0.4 is 26.2 Å². The topological polar surface area (TPSA) is 189 Å². The van der Waals surface area contributed by atoms with Crippen molar-refractivity contribution in [2.75, 3.05) is 25.6 Å². The first-order valence-electron chi connectivity index (χ1n) is 14.4. The molecule has 1 aliphatic rings. The molecule has 4 rings (SSSR count). The highest BCUT2D eigenvalue weighted by Crippen LogP contribution is 2.33. The van der Waals surface area contributed by atoms with Crippen molar-refractivity contribution in [3.63, 3.8) is 0 Å². The fourth-order valence-corrected chi connectivity index (χ4v) is 5.18. The summed E-state index contributed by atoms with van der Waals surface area (Å²) in [5, 5.41) is 27.4. The van der Waals surface area contributed by atoms with Gasteiger partial charge in [0.1, 0.15) is 18.4 Å². The number of esters is 1. The Morgan fingerprint density at radius 1 is 1.15 bits per heavy atom. The highest BCUT2D eigenvalue weighted by atomic mass is 35.5. The molecular weight excluding hydrogens is 618 g/mol. The van der Waals surface area contributed by atoms with Crippen LogP contribution in [0.3, 0.4) is 0 Å². The van der Waals surface area contributed by atoms with E-state index in [2.05, 4.69) is 22.0 Å². The van der Waals surface area contributed by atoms with E-state index in [9.17, 15) is 34.3 Å². The SMILES string of the molecule is CCC(C(=O)Nc1ccc(C(=O)OCC(NC(=O)[C@@H]2CCCN2)C(=O)O)cc1)n1cc(OC)c(-c2cc(Cl)ccc2C#N)cc1=O. The van der Waals surface area contributed by atoms with Crippen LogP contribution >= 0.6 is 11.6 Å². The molecule has 14 heteroatoms. The molecule has 1 saturated heterocycles. The molecule has 1 aromatic heterocycles. The molecule has 2 unspecified atom stereocenters. The second kappa shape index (κ2) is 15.2. The molecule has 3 aromatic rings. The van der Waals surface area contributed by atoms with Gasteiger partial charge in [0, 0.05) is 27.9 Å². The number of amides is 2. The second-order valence-corrected chi connectivity index (χ2v) is 10.9. The summed E-state index contributed by atoms with van der Waals surface area (Å²) in [5.41, 5.74) is 0.971. The summed E-state index contributed by atoms with van der Waals surface area (Å²) in [4.78, 5) is 62.9.